The van der Waals surface area contributed by atoms with Crippen molar-refractivity contribution in [1.29, 1.82) is 0 Å². The monoisotopic (exact) mass is 244 g/mol. The minimum atomic E-state index is -0.108. The van der Waals surface area contributed by atoms with E-state index in [0.29, 0.717) is 17.9 Å². The summed E-state index contributed by atoms with van der Waals surface area (Å²) in [6.45, 7) is 10.1. The topological polar surface area (TPSA) is 61.4 Å². The highest BCUT2D eigenvalue weighted by Gasteiger charge is 2.09. The zero-order chi connectivity index (χ0) is 13.3. The minimum absolute atomic E-state index is 0.108. The SMILES string of the molecule is CC(CCO)CNC(=O)NCCCC(C)(C)C. The first-order valence-corrected chi connectivity index (χ1v) is 6.47. The van der Waals surface area contributed by atoms with Gasteiger partial charge in [0, 0.05) is 19.7 Å². The molecule has 17 heavy (non-hydrogen) atoms. The average molecular weight is 244 g/mol. The molecule has 2 amide bonds. The second kappa shape index (κ2) is 8.34. The number of nitrogens with one attached hydrogen (secondary N) is 2. The summed E-state index contributed by atoms with van der Waals surface area (Å²) in [5, 5.41) is 14.4. The van der Waals surface area contributed by atoms with E-state index in [2.05, 4.69) is 31.4 Å². The standard InChI is InChI=1S/C13H28N2O2/c1-11(6-9-16)10-15-12(17)14-8-5-7-13(2,3)4/h11,16H,5-10H2,1-4H3,(H2,14,15,17). The number of urea groups is 1. The molecule has 0 radical (unpaired) electrons. The van der Waals surface area contributed by atoms with Crippen LogP contribution in [0.2, 0.25) is 0 Å². The Bertz CT molecular complexity index is 212. The van der Waals surface area contributed by atoms with E-state index < -0.39 is 0 Å². The van der Waals surface area contributed by atoms with E-state index in [1.165, 1.54) is 0 Å². The molecule has 0 aliphatic rings. The number of carbonyl (C=O) groups is 1. The van der Waals surface area contributed by atoms with Crippen molar-refractivity contribution in [2.75, 3.05) is 19.7 Å². The van der Waals surface area contributed by atoms with Crippen molar-refractivity contribution in [3.05, 3.63) is 0 Å². The van der Waals surface area contributed by atoms with Crippen LogP contribution in [0, 0.1) is 11.3 Å². The molecule has 0 saturated heterocycles. The van der Waals surface area contributed by atoms with Crippen molar-refractivity contribution in [1.82, 2.24) is 10.6 Å². The van der Waals surface area contributed by atoms with Crippen molar-refractivity contribution >= 4 is 6.03 Å². The second-order valence-electron chi connectivity index (χ2n) is 5.92. The molecule has 3 N–H and O–H groups in total. The van der Waals surface area contributed by atoms with Gasteiger partial charge in [-0.15, -0.1) is 0 Å². The van der Waals surface area contributed by atoms with E-state index >= 15 is 0 Å². The van der Waals surface area contributed by atoms with Crippen LogP contribution < -0.4 is 10.6 Å². The Labute approximate surface area is 105 Å². The Morgan fingerprint density at radius 1 is 1.29 bits per heavy atom. The highest BCUT2D eigenvalue weighted by Crippen LogP contribution is 2.19. The maximum atomic E-state index is 11.4. The van der Waals surface area contributed by atoms with Crippen molar-refractivity contribution in [2.24, 2.45) is 11.3 Å². The smallest absolute Gasteiger partial charge is 0.314 e. The summed E-state index contributed by atoms with van der Waals surface area (Å²) in [6.07, 6.45) is 2.83. The highest BCUT2D eigenvalue weighted by molar-refractivity contribution is 5.73. The Hall–Kier alpha value is -0.770. The Kier molecular flexibility index (Phi) is 7.96. The molecule has 4 nitrogen and oxygen atoms in total. The van der Waals surface area contributed by atoms with E-state index in [4.69, 9.17) is 5.11 Å². The predicted octanol–water partition coefficient (Wildman–Crippen LogP) is 2.13. The van der Waals surface area contributed by atoms with Crippen LogP contribution in [0.4, 0.5) is 4.79 Å². The van der Waals surface area contributed by atoms with Crippen LogP contribution in [0.15, 0.2) is 0 Å². The number of aliphatic hydroxyl groups is 1. The third-order valence-electron chi connectivity index (χ3n) is 2.62. The van der Waals surface area contributed by atoms with E-state index in [-0.39, 0.29) is 12.6 Å². The third kappa shape index (κ3) is 11.5. The third-order valence-corrected chi connectivity index (χ3v) is 2.62. The lowest BCUT2D eigenvalue weighted by Crippen LogP contribution is -2.38. The van der Waals surface area contributed by atoms with Crippen LogP contribution >= 0.6 is 0 Å². The summed E-state index contributed by atoms with van der Waals surface area (Å²) in [4.78, 5) is 11.4. The van der Waals surface area contributed by atoms with Gasteiger partial charge in [-0.2, -0.15) is 0 Å². The molecule has 0 heterocycles. The molecule has 102 valence electrons. The summed E-state index contributed by atoms with van der Waals surface area (Å²) >= 11 is 0. The predicted molar refractivity (Wildman–Crippen MR) is 71.0 cm³/mol. The van der Waals surface area contributed by atoms with Crippen LogP contribution in [-0.2, 0) is 0 Å². The first-order valence-electron chi connectivity index (χ1n) is 6.47. The summed E-state index contributed by atoms with van der Waals surface area (Å²) in [7, 11) is 0. The lowest BCUT2D eigenvalue weighted by Gasteiger charge is -2.18. The molecular formula is C13H28N2O2. The van der Waals surface area contributed by atoms with Crippen LogP contribution in [0.3, 0.4) is 0 Å². The molecule has 0 saturated carbocycles. The Balaban J connectivity index is 3.47. The molecule has 0 aromatic heterocycles. The average Bonchev–Trinajstić information content (AvgIpc) is 2.21. The lowest BCUT2D eigenvalue weighted by molar-refractivity contribution is 0.233. The molecule has 1 unspecified atom stereocenters. The molecule has 0 rings (SSSR count). The van der Waals surface area contributed by atoms with Gasteiger partial charge in [0.05, 0.1) is 0 Å². The van der Waals surface area contributed by atoms with Gasteiger partial charge in [0.15, 0.2) is 0 Å². The molecule has 0 aliphatic heterocycles. The van der Waals surface area contributed by atoms with Crippen molar-refractivity contribution in [2.45, 2.75) is 47.0 Å². The molecule has 1 atom stereocenters. The van der Waals surface area contributed by atoms with Crippen molar-refractivity contribution in [3.8, 4) is 0 Å². The number of hydrogen-bond donors (Lipinski definition) is 3. The molecule has 0 fully saturated rings. The number of hydrogen-bond acceptors (Lipinski definition) is 2. The van der Waals surface area contributed by atoms with Gasteiger partial charge in [0.2, 0.25) is 0 Å². The summed E-state index contributed by atoms with van der Waals surface area (Å²) in [5.41, 5.74) is 0.327. The summed E-state index contributed by atoms with van der Waals surface area (Å²) in [5.74, 6) is 0.320. The fourth-order valence-electron chi connectivity index (χ4n) is 1.47. The molecule has 0 bridgehead atoms. The van der Waals surface area contributed by atoms with Crippen LogP contribution in [0.1, 0.15) is 47.0 Å². The van der Waals surface area contributed by atoms with Crippen LogP contribution in [-0.4, -0.2) is 30.8 Å². The van der Waals surface area contributed by atoms with Gasteiger partial charge in [-0.1, -0.05) is 27.7 Å². The van der Waals surface area contributed by atoms with Gasteiger partial charge in [0.1, 0.15) is 0 Å². The van der Waals surface area contributed by atoms with E-state index in [9.17, 15) is 4.79 Å². The minimum Gasteiger partial charge on any atom is -0.396 e. The molecule has 4 heteroatoms. The zero-order valence-corrected chi connectivity index (χ0v) is 11.7. The molecule has 0 spiro atoms. The largest absolute Gasteiger partial charge is 0.396 e. The van der Waals surface area contributed by atoms with Gasteiger partial charge in [0.25, 0.3) is 0 Å². The number of aliphatic hydroxyl groups excluding tert-OH is 1. The van der Waals surface area contributed by atoms with Gasteiger partial charge in [-0.05, 0) is 30.6 Å². The summed E-state index contributed by atoms with van der Waals surface area (Å²) in [6, 6.07) is -0.108. The van der Waals surface area contributed by atoms with E-state index in [1.54, 1.807) is 0 Å². The highest BCUT2D eigenvalue weighted by atomic mass is 16.3. The zero-order valence-electron chi connectivity index (χ0n) is 11.7. The van der Waals surface area contributed by atoms with Gasteiger partial charge < -0.3 is 15.7 Å². The fraction of sp³-hybridized carbons (Fsp3) is 0.923. The summed E-state index contributed by atoms with van der Waals surface area (Å²) < 4.78 is 0. The first-order chi connectivity index (χ1) is 7.85. The van der Waals surface area contributed by atoms with Crippen molar-refractivity contribution < 1.29 is 9.90 Å². The van der Waals surface area contributed by atoms with E-state index in [0.717, 1.165) is 25.8 Å². The number of amides is 2. The maximum absolute atomic E-state index is 11.4. The Morgan fingerprint density at radius 3 is 2.47 bits per heavy atom. The molecule has 0 aromatic rings. The fourth-order valence-corrected chi connectivity index (χ4v) is 1.47. The van der Waals surface area contributed by atoms with E-state index in [1.807, 2.05) is 6.92 Å². The normalized spacial score (nSPS) is 13.2. The van der Waals surface area contributed by atoms with Crippen LogP contribution in [0.5, 0.6) is 0 Å². The van der Waals surface area contributed by atoms with Crippen LogP contribution in [0.25, 0.3) is 0 Å². The Morgan fingerprint density at radius 2 is 1.94 bits per heavy atom. The van der Waals surface area contributed by atoms with Crippen molar-refractivity contribution in [3.63, 3.8) is 0 Å². The lowest BCUT2D eigenvalue weighted by atomic mass is 9.91. The molecule has 0 aromatic carbocycles. The van der Waals surface area contributed by atoms with Gasteiger partial charge in [-0.25, -0.2) is 4.79 Å². The number of carbonyl (C=O) groups excluding carboxylic acids is 1. The van der Waals surface area contributed by atoms with Gasteiger partial charge in [-0.3, -0.25) is 0 Å². The molecular weight excluding hydrogens is 216 g/mol. The first kappa shape index (κ1) is 16.2. The maximum Gasteiger partial charge on any atom is 0.314 e. The van der Waals surface area contributed by atoms with Gasteiger partial charge >= 0.3 is 6.03 Å². The molecule has 0 aliphatic carbocycles. The number of rotatable bonds is 7. The quantitative estimate of drug-likeness (QED) is 0.601. The second-order valence-corrected chi connectivity index (χ2v) is 5.92.